The molecule has 0 spiro atoms. The summed E-state index contributed by atoms with van der Waals surface area (Å²) in [7, 11) is 0. The van der Waals surface area contributed by atoms with Crippen LogP contribution >= 0.6 is 0 Å². The van der Waals surface area contributed by atoms with Gasteiger partial charge in [-0.2, -0.15) is 0 Å². The lowest BCUT2D eigenvalue weighted by Crippen LogP contribution is -1.97. The molecule has 1 N–H and O–H groups in total. The van der Waals surface area contributed by atoms with Crippen molar-refractivity contribution in [3.63, 3.8) is 0 Å². The average Bonchev–Trinajstić information content (AvgIpc) is 3.33. The lowest BCUT2D eigenvalue weighted by molar-refractivity contribution is 0.0660. The van der Waals surface area contributed by atoms with Gasteiger partial charge in [0.25, 0.3) is 0 Å². The SMILES string of the molecule is CCOc1ccccc1N=Cc1cn(Cc2ccc(C(=O)O)o2)c2ccccc12. The minimum absolute atomic E-state index is 0.0641. The summed E-state index contributed by atoms with van der Waals surface area (Å²) in [5.41, 5.74) is 2.74. The molecule has 0 bridgehead atoms. The molecule has 29 heavy (non-hydrogen) atoms. The van der Waals surface area contributed by atoms with E-state index >= 15 is 0 Å². The molecular weight excluding hydrogens is 368 g/mol. The molecule has 146 valence electrons. The summed E-state index contributed by atoms with van der Waals surface area (Å²) < 4.78 is 13.1. The highest BCUT2D eigenvalue weighted by atomic mass is 16.5. The van der Waals surface area contributed by atoms with Crippen LogP contribution in [0.1, 0.15) is 28.8 Å². The summed E-state index contributed by atoms with van der Waals surface area (Å²) >= 11 is 0. The number of rotatable bonds is 7. The summed E-state index contributed by atoms with van der Waals surface area (Å²) in [5.74, 6) is 0.181. The number of hydrogen-bond acceptors (Lipinski definition) is 4. The third kappa shape index (κ3) is 3.91. The van der Waals surface area contributed by atoms with Crippen LogP contribution < -0.4 is 4.74 Å². The minimum atomic E-state index is -1.07. The number of carbonyl (C=O) groups is 1. The van der Waals surface area contributed by atoms with Crippen LogP contribution in [0, 0.1) is 0 Å². The minimum Gasteiger partial charge on any atom is -0.492 e. The summed E-state index contributed by atoms with van der Waals surface area (Å²) in [6, 6.07) is 18.8. The van der Waals surface area contributed by atoms with Crippen molar-refractivity contribution in [2.24, 2.45) is 4.99 Å². The number of benzene rings is 2. The van der Waals surface area contributed by atoms with Crippen molar-refractivity contribution in [3.05, 3.63) is 83.9 Å². The number of aromatic carboxylic acids is 1. The molecule has 0 aliphatic carbocycles. The van der Waals surface area contributed by atoms with Crippen LogP contribution in [-0.4, -0.2) is 28.5 Å². The van der Waals surface area contributed by atoms with Crippen LogP contribution in [0.5, 0.6) is 5.75 Å². The summed E-state index contributed by atoms with van der Waals surface area (Å²) in [4.78, 5) is 15.7. The van der Waals surface area contributed by atoms with E-state index in [0.29, 0.717) is 18.9 Å². The van der Waals surface area contributed by atoms with Gasteiger partial charge in [-0.15, -0.1) is 0 Å². The van der Waals surface area contributed by atoms with E-state index < -0.39 is 5.97 Å². The molecule has 0 aliphatic heterocycles. The van der Waals surface area contributed by atoms with Gasteiger partial charge in [-0.1, -0.05) is 30.3 Å². The van der Waals surface area contributed by atoms with Crippen molar-refractivity contribution in [3.8, 4) is 5.75 Å². The van der Waals surface area contributed by atoms with Crippen LogP contribution in [0.3, 0.4) is 0 Å². The fraction of sp³-hybridized carbons (Fsp3) is 0.130. The standard InChI is InChI=1S/C23H20N2O4/c1-2-28-21-10-6-4-8-19(21)24-13-16-14-25(20-9-5-3-7-18(16)20)15-17-11-12-22(29-17)23(26)27/h3-14H,2,15H2,1H3,(H,26,27). The Morgan fingerprint density at radius 3 is 2.72 bits per heavy atom. The van der Waals surface area contributed by atoms with Crippen molar-refractivity contribution in [1.29, 1.82) is 0 Å². The van der Waals surface area contributed by atoms with Gasteiger partial charge in [-0.05, 0) is 37.3 Å². The molecule has 2 heterocycles. The second-order valence-corrected chi connectivity index (χ2v) is 6.46. The number of aromatic nitrogens is 1. The Bertz CT molecular complexity index is 1190. The van der Waals surface area contributed by atoms with Gasteiger partial charge in [0.2, 0.25) is 5.76 Å². The first kappa shape index (κ1) is 18.6. The molecule has 0 saturated carbocycles. The van der Waals surface area contributed by atoms with E-state index in [1.165, 1.54) is 6.07 Å². The van der Waals surface area contributed by atoms with E-state index in [2.05, 4.69) is 4.99 Å². The van der Waals surface area contributed by atoms with Crippen molar-refractivity contribution >= 4 is 28.8 Å². The van der Waals surface area contributed by atoms with E-state index in [1.807, 2.05) is 72.4 Å². The molecule has 2 aromatic heterocycles. The number of furan rings is 1. The zero-order chi connectivity index (χ0) is 20.2. The molecule has 0 radical (unpaired) electrons. The monoisotopic (exact) mass is 388 g/mol. The van der Waals surface area contributed by atoms with Crippen LogP contribution in [0.4, 0.5) is 5.69 Å². The normalized spacial score (nSPS) is 11.3. The van der Waals surface area contributed by atoms with Crippen LogP contribution in [0.2, 0.25) is 0 Å². The van der Waals surface area contributed by atoms with Gasteiger partial charge in [0.1, 0.15) is 17.2 Å². The smallest absolute Gasteiger partial charge is 0.371 e. The topological polar surface area (TPSA) is 77.0 Å². The Labute approximate surface area is 167 Å². The van der Waals surface area contributed by atoms with Crippen molar-refractivity contribution in [2.45, 2.75) is 13.5 Å². The maximum absolute atomic E-state index is 11.0. The molecule has 0 saturated heterocycles. The Balaban J connectivity index is 1.68. The van der Waals surface area contributed by atoms with Crippen LogP contribution in [0.15, 0.2) is 76.3 Å². The third-order valence-electron chi connectivity index (χ3n) is 4.53. The van der Waals surface area contributed by atoms with Crippen LogP contribution in [-0.2, 0) is 6.54 Å². The molecule has 4 rings (SSSR count). The van der Waals surface area contributed by atoms with Gasteiger partial charge in [0, 0.05) is 28.9 Å². The maximum atomic E-state index is 11.0. The highest BCUT2D eigenvalue weighted by Crippen LogP contribution is 2.28. The van der Waals surface area contributed by atoms with Crippen molar-refractivity contribution in [1.82, 2.24) is 4.57 Å². The average molecular weight is 388 g/mol. The summed E-state index contributed by atoms with van der Waals surface area (Å²) in [6.45, 7) is 2.95. The molecule has 6 nitrogen and oxygen atoms in total. The fourth-order valence-electron chi connectivity index (χ4n) is 3.24. The zero-order valence-electron chi connectivity index (χ0n) is 15.9. The first-order valence-corrected chi connectivity index (χ1v) is 9.31. The quantitative estimate of drug-likeness (QED) is 0.445. The molecule has 2 aromatic carbocycles. The van der Waals surface area contributed by atoms with Gasteiger partial charge in [0.05, 0.1) is 13.2 Å². The molecule has 6 heteroatoms. The molecule has 0 aliphatic rings. The van der Waals surface area contributed by atoms with E-state index in [1.54, 1.807) is 6.07 Å². The number of aliphatic imine (C=N–C) groups is 1. The Kier molecular flexibility index (Phi) is 5.16. The van der Waals surface area contributed by atoms with Gasteiger partial charge in [-0.3, -0.25) is 4.99 Å². The number of carboxylic acid groups (broad SMARTS) is 1. The van der Waals surface area contributed by atoms with E-state index in [4.69, 9.17) is 14.3 Å². The van der Waals surface area contributed by atoms with E-state index in [0.717, 1.165) is 27.9 Å². The van der Waals surface area contributed by atoms with E-state index in [-0.39, 0.29) is 5.76 Å². The summed E-state index contributed by atoms with van der Waals surface area (Å²) in [5, 5.41) is 10.1. The van der Waals surface area contributed by atoms with Gasteiger partial charge in [0.15, 0.2) is 0 Å². The molecular formula is C23H20N2O4. The summed E-state index contributed by atoms with van der Waals surface area (Å²) in [6.07, 6.45) is 3.81. The Morgan fingerprint density at radius 1 is 1.14 bits per heavy atom. The highest BCUT2D eigenvalue weighted by molar-refractivity contribution is 6.00. The second kappa shape index (κ2) is 8.06. The molecule has 0 unspecified atom stereocenters. The number of carboxylic acids is 1. The predicted octanol–water partition coefficient (Wildman–Crippen LogP) is 5.13. The Morgan fingerprint density at radius 2 is 1.93 bits per heavy atom. The fourth-order valence-corrected chi connectivity index (χ4v) is 3.24. The lowest BCUT2D eigenvalue weighted by atomic mass is 10.2. The number of para-hydroxylation sites is 3. The van der Waals surface area contributed by atoms with Crippen molar-refractivity contribution in [2.75, 3.05) is 6.61 Å². The molecule has 0 fully saturated rings. The van der Waals surface area contributed by atoms with Gasteiger partial charge < -0.3 is 18.8 Å². The van der Waals surface area contributed by atoms with Crippen molar-refractivity contribution < 1.29 is 19.1 Å². The number of hydrogen-bond donors (Lipinski definition) is 1. The van der Waals surface area contributed by atoms with Crippen LogP contribution in [0.25, 0.3) is 10.9 Å². The number of nitrogens with zero attached hydrogens (tertiary/aromatic N) is 2. The lowest BCUT2D eigenvalue weighted by Gasteiger charge is -2.05. The van der Waals surface area contributed by atoms with E-state index in [9.17, 15) is 4.79 Å². The zero-order valence-corrected chi connectivity index (χ0v) is 15.9. The molecule has 0 atom stereocenters. The Hall–Kier alpha value is -3.80. The first-order chi connectivity index (χ1) is 14.2. The highest BCUT2D eigenvalue weighted by Gasteiger charge is 2.12. The molecule has 0 amide bonds. The second-order valence-electron chi connectivity index (χ2n) is 6.46. The van der Waals surface area contributed by atoms with Gasteiger partial charge in [-0.25, -0.2) is 4.79 Å². The number of fused-ring (bicyclic) bond motifs is 1. The third-order valence-corrected chi connectivity index (χ3v) is 4.53. The first-order valence-electron chi connectivity index (χ1n) is 9.31. The largest absolute Gasteiger partial charge is 0.492 e. The predicted molar refractivity (Wildman–Crippen MR) is 112 cm³/mol. The number of ether oxygens (including phenoxy) is 1. The van der Waals surface area contributed by atoms with Gasteiger partial charge >= 0.3 is 5.97 Å². The maximum Gasteiger partial charge on any atom is 0.371 e. The molecule has 4 aromatic rings.